The molecule has 0 radical (unpaired) electrons. The molecule has 9 nitrogen and oxygen atoms in total. The van der Waals surface area contributed by atoms with Crippen LogP contribution in [0.25, 0.3) is 0 Å². The van der Waals surface area contributed by atoms with Gasteiger partial charge in [-0.1, -0.05) is 111 Å². The molecule has 3 aromatic rings. The van der Waals surface area contributed by atoms with Crippen LogP contribution in [-0.2, 0) is 22.4 Å². The molecule has 1 heterocycles. The van der Waals surface area contributed by atoms with E-state index in [1.54, 1.807) is 0 Å². The van der Waals surface area contributed by atoms with E-state index in [4.69, 9.17) is 11.5 Å². The van der Waals surface area contributed by atoms with Gasteiger partial charge in [0.05, 0.1) is 6.04 Å². The first-order chi connectivity index (χ1) is 26.7. The van der Waals surface area contributed by atoms with Crippen molar-refractivity contribution >= 4 is 11.8 Å². The van der Waals surface area contributed by atoms with Crippen LogP contribution in [0.1, 0.15) is 81.4 Å². The molecule has 5 rings (SSSR count). The number of hydrogen-bond donors (Lipinski definition) is 5. The Morgan fingerprint density at radius 1 is 0.782 bits per heavy atom. The van der Waals surface area contributed by atoms with Gasteiger partial charge in [-0.15, -0.1) is 0 Å². The van der Waals surface area contributed by atoms with Gasteiger partial charge >= 0.3 is 0 Å². The van der Waals surface area contributed by atoms with Gasteiger partial charge in [0.2, 0.25) is 11.8 Å². The molecule has 55 heavy (non-hydrogen) atoms. The molecule has 9 heteroatoms. The van der Waals surface area contributed by atoms with Crippen LogP contribution >= 0.6 is 0 Å². The average Bonchev–Trinajstić information content (AvgIpc) is 4.01. The lowest BCUT2D eigenvalue weighted by Gasteiger charge is -2.38. The second-order valence-electron chi connectivity index (χ2n) is 16.6. The molecule has 0 aromatic heterocycles. The largest absolute Gasteiger partial charge is 0.342 e. The van der Waals surface area contributed by atoms with Crippen LogP contribution in [-0.4, -0.2) is 98.1 Å². The van der Waals surface area contributed by atoms with Gasteiger partial charge in [0.25, 0.3) is 0 Å². The SMILES string of the molecule is CC(C)C[C@H](CN[C@H](CCCCN)C(=O)N1CCC(N(C)C(=O)C2CC2c2ccccc2)CC1)NC[C@@H](Cc1ccccc1)NC[C@H](N)Cc1ccccc1. The number of piperidine rings is 1. The predicted octanol–water partition coefficient (Wildman–Crippen LogP) is 5.10. The van der Waals surface area contributed by atoms with Crippen molar-refractivity contribution in [1.82, 2.24) is 25.8 Å². The Morgan fingerprint density at radius 3 is 1.98 bits per heavy atom. The van der Waals surface area contributed by atoms with Crippen molar-refractivity contribution in [2.75, 3.05) is 46.3 Å². The average molecular weight is 752 g/mol. The molecule has 6 atom stereocenters. The number of carbonyl (C=O) groups is 2. The zero-order chi connectivity index (χ0) is 39.0. The second-order valence-corrected chi connectivity index (χ2v) is 16.6. The number of rotatable bonds is 23. The van der Waals surface area contributed by atoms with Gasteiger partial charge in [0, 0.05) is 69.9 Å². The van der Waals surface area contributed by atoms with Crippen molar-refractivity contribution in [3.63, 3.8) is 0 Å². The molecular formula is C46H69N7O2. The fourth-order valence-electron chi connectivity index (χ4n) is 8.30. The summed E-state index contributed by atoms with van der Waals surface area (Å²) in [6.07, 6.45) is 7.87. The maximum absolute atomic E-state index is 14.1. The summed E-state index contributed by atoms with van der Waals surface area (Å²) in [4.78, 5) is 31.5. The van der Waals surface area contributed by atoms with Crippen molar-refractivity contribution in [1.29, 1.82) is 0 Å². The van der Waals surface area contributed by atoms with Crippen LogP contribution in [0.4, 0.5) is 0 Å². The predicted molar refractivity (Wildman–Crippen MR) is 226 cm³/mol. The Morgan fingerprint density at radius 2 is 1.36 bits per heavy atom. The minimum Gasteiger partial charge on any atom is -0.342 e. The number of nitrogens with one attached hydrogen (secondary N) is 3. The summed E-state index contributed by atoms with van der Waals surface area (Å²) in [5.74, 6) is 1.34. The number of carbonyl (C=O) groups excluding carboxylic acids is 2. The van der Waals surface area contributed by atoms with Crippen LogP contribution in [0.2, 0.25) is 0 Å². The highest BCUT2D eigenvalue weighted by molar-refractivity contribution is 5.83. The first-order valence-electron chi connectivity index (χ1n) is 21.1. The Bertz CT molecular complexity index is 1530. The van der Waals surface area contributed by atoms with E-state index < -0.39 is 0 Å². The van der Waals surface area contributed by atoms with Crippen molar-refractivity contribution in [3.05, 3.63) is 108 Å². The quantitative estimate of drug-likeness (QED) is 0.0854. The van der Waals surface area contributed by atoms with Crippen LogP contribution < -0.4 is 27.4 Å². The molecule has 7 N–H and O–H groups in total. The minimum absolute atomic E-state index is 0.0187. The highest BCUT2D eigenvalue weighted by Gasteiger charge is 2.46. The molecular weight excluding hydrogens is 683 g/mol. The van der Waals surface area contributed by atoms with E-state index >= 15 is 0 Å². The molecule has 1 aliphatic heterocycles. The van der Waals surface area contributed by atoms with Crippen molar-refractivity contribution in [3.8, 4) is 0 Å². The fraction of sp³-hybridized carbons (Fsp3) is 0.565. The summed E-state index contributed by atoms with van der Waals surface area (Å²) in [5, 5.41) is 11.4. The molecule has 1 aliphatic carbocycles. The molecule has 0 bridgehead atoms. The van der Waals surface area contributed by atoms with Crippen molar-refractivity contribution in [2.45, 2.75) is 108 Å². The topological polar surface area (TPSA) is 129 Å². The van der Waals surface area contributed by atoms with Gasteiger partial charge in [-0.3, -0.25) is 9.59 Å². The van der Waals surface area contributed by atoms with Gasteiger partial charge in [-0.2, -0.15) is 0 Å². The zero-order valence-electron chi connectivity index (χ0n) is 33.8. The number of nitrogens with two attached hydrogens (primary N) is 2. The summed E-state index contributed by atoms with van der Waals surface area (Å²) in [5.41, 5.74) is 16.3. The van der Waals surface area contributed by atoms with Gasteiger partial charge in [0.15, 0.2) is 0 Å². The molecule has 0 spiro atoms. The van der Waals surface area contributed by atoms with E-state index in [0.29, 0.717) is 38.0 Å². The molecule has 300 valence electrons. The number of hydrogen-bond acceptors (Lipinski definition) is 7. The molecule has 3 aromatic carbocycles. The second kappa shape index (κ2) is 22.2. The molecule has 2 unspecified atom stereocenters. The fourth-order valence-corrected chi connectivity index (χ4v) is 8.30. The smallest absolute Gasteiger partial charge is 0.239 e. The van der Waals surface area contributed by atoms with E-state index in [2.05, 4.69) is 109 Å². The highest BCUT2D eigenvalue weighted by Crippen LogP contribution is 2.48. The third-order valence-electron chi connectivity index (χ3n) is 11.6. The third kappa shape index (κ3) is 13.8. The highest BCUT2D eigenvalue weighted by atomic mass is 16.2. The summed E-state index contributed by atoms with van der Waals surface area (Å²) in [7, 11) is 1.96. The lowest BCUT2D eigenvalue weighted by atomic mass is 9.99. The maximum Gasteiger partial charge on any atom is 0.239 e. The Hall–Kier alpha value is -3.60. The van der Waals surface area contributed by atoms with Crippen LogP contribution in [0.15, 0.2) is 91.0 Å². The Balaban J connectivity index is 1.14. The van der Waals surface area contributed by atoms with Gasteiger partial charge in [0.1, 0.15) is 0 Å². The van der Waals surface area contributed by atoms with E-state index in [1.165, 1.54) is 16.7 Å². The summed E-state index contributed by atoms with van der Waals surface area (Å²) in [6, 6.07) is 31.8. The third-order valence-corrected chi connectivity index (χ3v) is 11.6. The maximum atomic E-state index is 14.1. The number of nitrogens with zero attached hydrogens (tertiary/aromatic N) is 2. The van der Waals surface area contributed by atoms with Gasteiger partial charge < -0.3 is 37.2 Å². The normalized spacial score (nSPS) is 19.5. The zero-order valence-corrected chi connectivity index (χ0v) is 33.8. The molecule has 2 amide bonds. The molecule has 1 saturated carbocycles. The van der Waals surface area contributed by atoms with Crippen LogP contribution in [0.5, 0.6) is 0 Å². The standard InChI is InChI=1S/C46H69N7O2/c1-34(2)27-39(50-32-40(29-36-17-9-5-10-18-36)49-31-38(48)28-35-15-7-4-8-16-35)33-51-44(21-13-14-24-47)46(55)53-25-22-41(23-26-53)52(3)45(54)43-30-42(43)37-19-11-6-12-20-37/h4-12,15-20,34,38-44,49-51H,13-14,21-33,47-48H2,1-3H3/t38-,39-,40-,42?,43?,44-/m1/s1. The monoisotopic (exact) mass is 752 g/mol. The van der Waals surface area contributed by atoms with Crippen molar-refractivity contribution in [2.24, 2.45) is 23.3 Å². The summed E-state index contributed by atoms with van der Waals surface area (Å²) in [6.45, 7) is 8.74. The number of unbranched alkanes of at least 4 members (excludes halogenated alkanes) is 1. The lowest BCUT2D eigenvalue weighted by molar-refractivity contribution is -0.137. The first-order valence-corrected chi connectivity index (χ1v) is 21.1. The van der Waals surface area contributed by atoms with Crippen molar-refractivity contribution < 1.29 is 9.59 Å². The van der Waals surface area contributed by atoms with E-state index in [1.807, 2.05) is 29.0 Å². The first kappa shape index (κ1) is 42.5. The summed E-state index contributed by atoms with van der Waals surface area (Å²) < 4.78 is 0. The molecule has 2 fully saturated rings. The van der Waals surface area contributed by atoms with E-state index in [9.17, 15) is 9.59 Å². The van der Waals surface area contributed by atoms with E-state index in [-0.39, 0.29) is 47.9 Å². The summed E-state index contributed by atoms with van der Waals surface area (Å²) >= 11 is 0. The lowest BCUT2D eigenvalue weighted by Crippen LogP contribution is -2.55. The van der Waals surface area contributed by atoms with Gasteiger partial charge in [-0.05, 0) is 86.4 Å². The van der Waals surface area contributed by atoms with Gasteiger partial charge in [-0.25, -0.2) is 0 Å². The molecule has 2 aliphatic rings. The number of amides is 2. The Kier molecular flexibility index (Phi) is 17.2. The Labute approximate surface area is 331 Å². The van der Waals surface area contributed by atoms with Crippen LogP contribution in [0, 0.1) is 11.8 Å². The molecule has 1 saturated heterocycles. The van der Waals surface area contributed by atoms with E-state index in [0.717, 1.165) is 70.9 Å². The van der Waals surface area contributed by atoms with Crippen LogP contribution in [0.3, 0.4) is 0 Å². The number of benzene rings is 3. The number of likely N-dealkylation sites (tertiary alicyclic amines) is 1. The minimum atomic E-state index is -0.258.